The van der Waals surface area contributed by atoms with Crippen LogP contribution in [0.4, 0.5) is 0 Å². The van der Waals surface area contributed by atoms with E-state index >= 15 is 0 Å². The fraction of sp³-hybridized carbons (Fsp3) is 0.846. The van der Waals surface area contributed by atoms with Gasteiger partial charge in [-0.2, -0.15) is 0 Å². The van der Waals surface area contributed by atoms with E-state index in [-0.39, 0.29) is 42.3 Å². The van der Waals surface area contributed by atoms with Crippen LogP contribution in [0.5, 0.6) is 0 Å². The van der Waals surface area contributed by atoms with Crippen LogP contribution in [0.2, 0.25) is 0 Å². The second kappa shape index (κ2) is 10.2. The SMILES string of the molecule is CCNC(=NCC(C)(C)C(N)=O)NC(C)CCS(C)(=O)=O.I. The molecular weight excluding hydrogens is 419 g/mol. The molecule has 7 nitrogen and oxygen atoms in total. The molecule has 0 aromatic heterocycles. The van der Waals surface area contributed by atoms with Crippen LogP contribution in [-0.2, 0) is 14.6 Å². The Labute approximate surface area is 150 Å². The molecule has 4 N–H and O–H groups in total. The van der Waals surface area contributed by atoms with Crippen molar-refractivity contribution in [3.05, 3.63) is 0 Å². The van der Waals surface area contributed by atoms with Crippen molar-refractivity contribution in [2.24, 2.45) is 16.1 Å². The number of carbonyl (C=O) groups excluding carboxylic acids is 1. The van der Waals surface area contributed by atoms with E-state index in [0.717, 1.165) is 0 Å². The predicted molar refractivity (Wildman–Crippen MR) is 101 cm³/mol. The van der Waals surface area contributed by atoms with Gasteiger partial charge in [0.05, 0.1) is 17.7 Å². The summed E-state index contributed by atoms with van der Waals surface area (Å²) in [7, 11) is -2.98. The highest BCUT2D eigenvalue weighted by molar-refractivity contribution is 14.0. The van der Waals surface area contributed by atoms with E-state index in [4.69, 9.17) is 5.73 Å². The van der Waals surface area contributed by atoms with Gasteiger partial charge in [0.1, 0.15) is 9.84 Å². The lowest BCUT2D eigenvalue weighted by Gasteiger charge is -2.21. The summed E-state index contributed by atoms with van der Waals surface area (Å²) >= 11 is 0. The summed E-state index contributed by atoms with van der Waals surface area (Å²) in [5, 5.41) is 6.18. The number of sulfone groups is 1. The van der Waals surface area contributed by atoms with Crippen LogP contribution in [0.3, 0.4) is 0 Å². The van der Waals surface area contributed by atoms with Crippen LogP contribution in [0.1, 0.15) is 34.1 Å². The number of halogens is 1. The Morgan fingerprint density at radius 1 is 1.36 bits per heavy atom. The Bertz CT molecular complexity index is 478. The molecule has 1 amide bonds. The number of hydrogen-bond acceptors (Lipinski definition) is 4. The maximum absolute atomic E-state index is 11.3. The molecule has 0 aromatic carbocycles. The third-order valence-electron chi connectivity index (χ3n) is 2.95. The smallest absolute Gasteiger partial charge is 0.224 e. The van der Waals surface area contributed by atoms with Gasteiger partial charge in [-0.1, -0.05) is 0 Å². The number of amides is 1. The highest BCUT2D eigenvalue weighted by Crippen LogP contribution is 2.13. The average molecular weight is 448 g/mol. The number of nitrogens with zero attached hydrogens (tertiary/aromatic N) is 1. The zero-order valence-corrected chi connectivity index (χ0v) is 17.1. The molecule has 0 aliphatic carbocycles. The number of hydrogen-bond donors (Lipinski definition) is 3. The molecule has 22 heavy (non-hydrogen) atoms. The quantitative estimate of drug-likeness (QED) is 0.284. The van der Waals surface area contributed by atoms with Gasteiger partial charge in [0.25, 0.3) is 0 Å². The Morgan fingerprint density at radius 3 is 2.32 bits per heavy atom. The van der Waals surface area contributed by atoms with Crippen molar-refractivity contribution < 1.29 is 13.2 Å². The van der Waals surface area contributed by atoms with E-state index in [0.29, 0.717) is 18.9 Å². The third-order valence-corrected chi connectivity index (χ3v) is 3.93. The van der Waals surface area contributed by atoms with Gasteiger partial charge in [0.2, 0.25) is 5.91 Å². The molecule has 0 saturated heterocycles. The van der Waals surface area contributed by atoms with Crippen molar-refractivity contribution in [2.75, 3.05) is 25.1 Å². The first kappa shape index (κ1) is 23.7. The minimum Gasteiger partial charge on any atom is -0.369 e. The zero-order chi connectivity index (χ0) is 16.7. The number of nitrogens with two attached hydrogens (primary N) is 1. The van der Waals surface area contributed by atoms with Crippen LogP contribution in [0.15, 0.2) is 4.99 Å². The number of guanidine groups is 1. The molecule has 0 aromatic rings. The molecule has 0 bridgehead atoms. The Balaban J connectivity index is 0. The topological polar surface area (TPSA) is 114 Å². The molecule has 1 atom stereocenters. The maximum Gasteiger partial charge on any atom is 0.224 e. The van der Waals surface area contributed by atoms with Gasteiger partial charge in [0.15, 0.2) is 5.96 Å². The van der Waals surface area contributed by atoms with Crippen LogP contribution < -0.4 is 16.4 Å². The molecular formula is C13H29IN4O3S. The third kappa shape index (κ3) is 11.0. The Morgan fingerprint density at radius 2 is 1.91 bits per heavy atom. The number of aliphatic imine (C=N–C) groups is 1. The number of nitrogens with one attached hydrogen (secondary N) is 2. The number of carbonyl (C=O) groups is 1. The second-order valence-electron chi connectivity index (χ2n) is 5.91. The molecule has 0 heterocycles. The normalized spacial score (nSPS) is 14.0. The Kier molecular flexibility index (Phi) is 11.0. The summed E-state index contributed by atoms with van der Waals surface area (Å²) < 4.78 is 22.3. The summed E-state index contributed by atoms with van der Waals surface area (Å²) in [6.07, 6.45) is 1.71. The monoisotopic (exact) mass is 448 g/mol. The highest BCUT2D eigenvalue weighted by Gasteiger charge is 2.24. The molecule has 0 rings (SSSR count). The Hall–Kier alpha value is -0.580. The molecule has 0 saturated carbocycles. The minimum absolute atomic E-state index is 0. The van der Waals surface area contributed by atoms with E-state index < -0.39 is 21.2 Å². The number of rotatable bonds is 8. The van der Waals surface area contributed by atoms with E-state index in [9.17, 15) is 13.2 Å². The summed E-state index contributed by atoms with van der Waals surface area (Å²) in [6.45, 7) is 8.21. The van der Waals surface area contributed by atoms with E-state index in [1.807, 2.05) is 13.8 Å². The fourth-order valence-corrected chi connectivity index (χ4v) is 2.15. The first-order valence-electron chi connectivity index (χ1n) is 7.00. The lowest BCUT2D eigenvalue weighted by atomic mass is 9.93. The molecule has 0 aliphatic rings. The molecule has 132 valence electrons. The van der Waals surface area contributed by atoms with Crippen molar-refractivity contribution in [1.29, 1.82) is 0 Å². The molecule has 0 spiro atoms. The van der Waals surface area contributed by atoms with Crippen LogP contribution in [0, 0.1) is 5.41 Å². The maximum atomic E-state index is 11.3. The van der Waals surface area contributed by atoms with E-state index in [2.05, 4.69) is 15.6 Å². The van der Waals surface area contributed by atoms with Crippen molar-refractivity contribution in [2.45, 2.75) is 40.2 Å². The van der Waals surface area contributed by atoms with Crippen molar-refractivity contribution in [3.63, 3.8) is 0 Å². The van der Waals surface area contributed by atoms with Crippen molar-refractivity contribution in [1.82, 2.24) is 10.6 Å². The van der Waals surface area contributed by atoms with Crippen LogP contribution in [0.25, 0.3) is 0 Å². The summed E-state index contributed by atoms with van der Waals surface area (Å²) in [5.41, 5.74) is 4.59. The number of primary amides is 1. The van der Waals surface area contributed by atoms with Gasteiger partial charge in [-0.15, -0.1) is 24.0 Å². The molecule has 1 unspecified atom stereocenters. The summed E-state index contributed by atoms with van der Waals surface area (Å²) in [6, 6.07) is -0.0470. The highest BCUT2D eigenvalue weighted by atomic mass is 127. The van der Waals surface area contributed by atoms with E-state index in [1.165, 1.54) is 6.26 Å². The van der Waals surface area contributed by atoms with Crippen LogP contribution >= 0.6 is 24.0 Å². The summed E-state index contributed by atoms with van der Waals surface area (Å²) in [4.78, 5) is 15.6. The lowest BCUT2D eigenvalue weighted by Crippen LogP contribution is -2.44. The molecule has 9 heteroatoms. The first-order chi connectivity index (χ1) is 9.48. The van der Waals surface area contributed by atoms with Gasteiger partial charge in [-0.25, -0.2) is 8.42 Å². The van der Waals surface area contributed by atoms with E-state index in [1.54, 1.807) is 13.8 Å². The second-order valence-corrected chi connectivity index (χ2v) is 8.17. The fourth-order valence-electron chi connectivity index (χ4n) is 1.37. The standard InChI is InChI=1S/C13H28N4O3S.HI/c1-6-15-12(16-9-13(3,4)11(14)18)17-10(2)7-8-21(5,19)20;/h10H,6-9H2,1-5H3,(H2,14,18)(H2,15,16,17);1H. The molecule has 0 radical (unpaired) electrons. The predicted octanol–water partition coefficient (Wildman–Crippen LogP) is 0.494. The largest absolute Gasteiger partial charge is 0.369 e. The zero-order valence-electron chi connectivity index (χ0n) is 14.0. The molecule has 0 aliphatic heterocycles. The minimum atomic E-state index is -2.98. The van der Waals surface area contributed by atoms with Gasteiger partial charge >= 0.3 is 0 Å². The lowest BCUT2D eigenvalue weighted by molar-refractivity contribution is -0.125. The first-order valence-corrected chi connectivity index (χ1v) is 9.06. The van der Waals surface area contributed by atoms with Gasteiger partial charge in [-0.05, 0) is 34.1 Å². The van der Waals surface area contributed by atoms with Gasteiger partial charge in [-0.3, -0.25) is 9.79 Å². The van der Waals surface area contributed by atoms with Gasteiger partial charge in [0, 0.05) is 18.8 Å². The van der Waals surface area contributed by atoms with Crippen LogP contribution in [-0.4, -0.2) is 51.4 Å². The molecule has 0 fully saturated rings. The summed E-state index contributed by atoms with van der Waals surface area (Å²) in [5.74, 6) is 0.257. The average Bonchev–Trinajstić information content (AvgIpc) is 2.33. The van der Waals surface area contributed by atoms with Crippen molar-refractivity contribution >= 4 is 45.7 Å². The van der Waals surface area contributed by atoms with Gasteiger partial charge < -0.3 is 16.4 Å². The van der Waals surface area contributed by atoms with Crippen molar-refractivity contribution in [3.8, 4) is 0 Å².